The number of hydrogen-bond acceptors (Lipinski definition) is 1. The summed E-state index contributed by atoms with van der Waals surface area (Å²) in [7, 11) is 0. The molecule has 0 saturated heterocycles. The summed E-state index contributed by atoms with van der Waals surface area (Å²) in [5.74, 6) is -0.867. The van der Waals surface area contributed by atoms with Crippen molar-refractivity contribution in [3.05, 3.63) is 34.9 Å². The maximum Gasteiger partial charge on any atom is 0.336 e. The number of rotatable bonds is 2. The predicted octanol–water partition coefficient (Wildman–Crippen LogP) is 4.00. The molecule has 3 heteroatoms. The molecule has 0 heterocycles. The first-order valence-corrected chi connectivity index (χ1v) is 6.08. The van der Waals surface area contributed by atoms with Crippen molar-refractivity contribution in [2.45, 2.75) is 32.5 Å². The lowest BCUT2D eigenvalue weighted by molar-refractivity contribution is 0.0696. The van der Waals surface area contributed by atoms with Gasteiger partial charge >= 0.3 is 5.97 Å². The fourth-order valence-corrected chi connectivity index (χ4v) is 1.82. The van der Waals surface area contributed by atoms with Crippen LogP contribution in [0, 0.1) is 6.92 Å². The number of benzene rings is 1. The van der Waals surface area contributed by atoms with Gasteiger partial charge in [-0.25, -0.2) is 4.79 Å². The highest BCUT2D eigenvalue weighted by Gasteiger charge is 2.09. The Morgan fingerprint density at radius 1 is 1.40 bits per heavy atom. The third-order valence-corrected chi connectivity index (χ3v) is 2.34. The molecule has 15 heavy (non-hydrogen) atoms. The molecule has 1 N–H and O–H groups in total. The Morgan fingerprint density at radius 2 is 1.93 bits per heavy atom. The van der Waals surface area contributed by atoms with E-state index in [0.717, 1.165) is 11.1 Å². The molecule has 0 amide bonds. The molecule has 0 aliphatic rings. The van der Waals surface area contributed by atoms with Gasteiger partial charge in [-0.05, 0) is 24.1 Å². The smallest absolute Gasteiger partial charge is 0.336 e. The van der Waals surface area contributed by atoms with Crippen molar-refractivity contribution in [1.82, 2.24) is 0 Å². The Morgan fingerprint density at radius 3 is 2.27 bits per heavy atom. The molecule has 0 radical (unpaired) electrons. The second-order valence-electron chi connectivity index (χ2n) is 3.25. The van der Waals surface area contributed by atoms with Crippen molar-refractivity contribution < 1.29 is 9.90 Å². The van der Waals surface area contributed by atoms with Crippen molar-refractivity contribution in [2.75, 3.05) is 0 Å². The maximum absolute atomic E-state index is 10.7. The van der Waals surface area contributed by atoms with E-state index < -0.39 is 5.97 Å². The Hall–Kier alpha value is -0.830. The molecule has 1 aromatic carbocycles. The van der Waals surface area contributed by atoms with E-state index in [1.54, 1.807) is 12.1 Å². The Kier molecular flexibility index (Phi) is 7.05. The van der Waals surface area contributed by atoms with Crippen LogP contribution < -0.4 is 0 Å². The van der Waals surface area contributed by atoms with Crippen molar-refractivity contribution in [3.8, 4) is 0 Å². The molecule has 1 aromatic rings. The van der Waals surface area contributed by atoms with E-state index in [2.05, 4.69) is 29.8 Å². The summed E-state index contributed by atoms with van der Waals surface area (Å²) in [5, 5.41) is 9.38. The number of halogens is 1. The second kappa shape index (κ2) is 7.46. The first-order valence-electron chi connectivity index (χ1n) is 4.96. The highest BCUT2D eigenvalue weighted by atomic mass is 79.9. The lowest BCUT2D eigenvalue weighted by Gasteiger charge is -2.05. The molecular formula is C12H17BrO2. The lowest BCUT2D eigenvalue weighted by Crippen LogP contribution is -2.02. The van der Waals surface area contributed by atoms with E-state index in [1.807, 2.05) is 13.0 Å². The normalized spacial score (nSPS) is 9.07. The van der Waals surface area contributed by atoms with Gasteiger partial charge in [0, 0.05) is 5.33 Å². The Labute approximate surface area is 99.5 Å². The minimum Gasteiger partial charge on any atom is -0.478 e. The zero-order valence-corrected chi connectivity index (χ0v) is 11.0. The van der Waals surface area contributed by atoms with Crippen molar-refractivity contribution in [3.63, 3.8) is 0 Å². The van der Waals surface area contributed by atoms with Gasteiger partial charge in [0.2, 0.25) is 0 Å². The molecule has 0 bridgehead atoms. The van der Waals surface area contributed by atoms with Crippen LogP contribution in [-0.4, -0.2) is 11.1 Å². The molecule has 0 spiro atoms. The van der Waals surface area contributed by atoms with Gasteiger partial charge in [-0.2, -0.15) is 0 Å². The third-order valence-electron chi connectivity index (χ3n) is 1.77. The van der Waals surface area contributed by atoms with Crippen LogP contribution in [0.3, 0.4) is 0 Å². The summed E-state index contributed by atoms with van der Waals surface area (Å²) >= 11 is 3.26. The van der Waals surface area contributed by atoms with E-state index in [9.17, 15) is 4.79 Å². The van der Waals surface area contributed by atoms with Crippen LogP contribution in [0.5, 0.6) is 0 Å². The van der Waals surface area contributed by atoms with Crippen LogP contribution in [0.25, 0.3) is 0 Å². The van der Waals surface area contributed by atoms with Crippen LogP contribution in [0.2, 0.25) is 0 Å². The molecule has 0 unspecified atom stereocenters. The summed E-state index contributed by atoms with van der Waals surface area (Å²) < 4.78 is 0. The maximum atomic E-state index is 10.7. The SMILES string of the molecule is CCC.Cc1cccc(C(=O)O)c1CBr. The standard InChI is InChI=1S/C9H9BrO2.C3H8/c1-6-3-2-4-7(9(11)12)8(6)5-10;1-3-2/h2-4H,5H2,1H3,(H,11,12);3H2,1-2H3. The Bertz CT molecular complexity index is 321. The molecule has 0 aromatic heterocycles. The minimum absolute atomic E-state index is 0.381. The fourth-order valence-electron chi connectivity index (χ4n) is 1.08. The highest BCUT2D eigenvalue weighted by Crippen LogP contribution is 2.17. The fraction of sp³-hybridized carbons (Fsp3) is 0.417. The lowest BCUT2D eigenvalue weighted by atomic mass is 10.0. The van der Waals surface area contributed by atoms with E-state index in [1.165, 1.54) is 6.42 Å². The summed E-state index contributed by atoms with van der Waals surface area (Å²) in [4.78, 5) is 10.7. The van der Waals surface area contributed by atoms with Gasteiger partial charge in [0.25, 0.3) is 0 Å². The van der Waals surface area contributed by atoms with Gasteiger partial charge in [-0.15, -0.1) is 0 Å². The summed E-state index contributed by atoms with van der Waals surface area (Å²) in [6, 6.07) is 5.28. The molecule has 0 atom stereocenters. The molecule has 0 saturated carbocycles. The quantitative estimate of drug-likeness (QED) is 0.827. The number of carbonyl (C=O) groups is 1. The largest absolute Gasteiger partial charge is 0.478 e. The van der Waals surface area contributed by atoms with E-state index in [0.29, 0.717) is 10.9 Å². The number of aryl methyl sites for hydroxylation is 1. The van der Waals surface area contributed by atoms with Crippen LogP contribution >= 0.6 is 15.9 Å². The highest BCUT2D eigenvalue weighted by molar-refractivity contribution is 9.08. The van der Waals surface area contributed by atoms with E-state index in [4.69, 9.17) is 5.11 Å². The zero-order valence-electron chi connectivity index (χ0n) is 9.38. The number of carboxylic acids is 1. The predicted molar refractivity (Wildman–Crippen MR) is 66.7 cm³/mol. The summed E-state index contributed by atoms with van der Waals surface area (Å²) in [6.07, 6.45) is 1.25. The monoisotopic (exact) mass is 272 g/mol. The molecule has 84 valence electrons. The molecular weight excluding hydrogens is 256 g/mol. The van der Waals surface area contributed by atoms with Gasteiger partial charge in [0.15, 0.2) is 0 Å². The van der Waals surface area contributed by atoms with Crippen LogP contribution in [0.4, 0.5) is 0 Å². The number of alkyl halides is 1. The summed E-state index contributed by atoms with van der Waals surface area (Å²) in [6.45, 7) is 6.16. The second-order valence-corrected chi connectivity index (χ2v) is 3.81. The van der Waals surface area contributed by atoms with Gasteiger partial charge in [-0.1, -0.05) is 48.3 Å². The first kappa shape index (κ1) is 14.2. The van der Waals surface area contributed by atoms with Crippen molar-refractivity contribution in [1.29, 1.82) is 0 Å². The molecule has 1 rings (SSSR count). The number of aromatic carboxylic acids is 1. The Balaban J connectivity index is 0.000000583. The van der Waals surface area contributed by atoms with Gasteiger partial charge < -0.3 is 5.11 Å². The average molecular weight is 273 g/mol. The molecule has 0 aliphatic carbocycles. The van der Waals surface area contributed by atoms with Crippen molar-refractivity contribution in [2.24, 2.45) is 0 Å². The minimum atomic E-state index is -0.867. The van der Waals surface area contributed by atoms with Crippen molar-refractivity contribution >= 4 is 21.9 Å². The molecule has 0 fully saturated rings. The van der Waals surface area contributed by atoms with Gasteiger partial charge in [-0.3, -0.25) is 0 Å². The summed E-state index contributed by atoms with van der Waals surface area (Å²) in [5.41, 5.74) is 2.24. The van der Waals surface area contributed by atoms with Crippen LogP contribution in [-0.2, 0) is 5.33 Å². The molecule has 2 nitrogen and oxygen atoms in total. The van der Waals surface area contributed by atoms with E-state index >= 15 is 0 Å². The van der Waals surface area contributed by atoms with Gasteiger partial charge in [0.1, 0.15) is 0 Å². The topological polar surface area (TPSA) is 37.3 Å². The van der Waals surface area contributed by atoms with E-state index in [-0.39, 0.29) is 0 Å². The average Bonchev–Trinajstić information content (AvgIpc) is 2.18. The first-order chi connectivity index (χ1) is 7.08. The van der Waals surface area contributed by atoms with Crippen LogP contribution in [0.15, 0.2) is 18.2 Å². The molecule has 0 aliphatic heterocycles. The van der Waals surface area contributed by atoms with Crippen LogP contribution in [0.1, 0.15) is 41.8 Å². The van der Waals surface area contributed by atoms with Gasteiger partial charge in [0.05, 0.1) is 5.56 Å². The zero-order chi connectivity index (χ0) is 11.8. The third kappa shape index (κ3) is 4.47. The number of hydrogen-bond donors (Lipinski definition) is 1. The number of carboxylic acid groups (broad SMARTS) is 1.